The van der Waals surface area contributed by atoms with Crippen LogP contribution in [0.25, 0.3) is 0 Å². The lowest BCUT2D eigenvalue weighted by Crippen LogP contribution is -2.30. The second-order valence-corrected chi connectivity index (χ2v) is 21.7. The van der Waals surface area contributed by atoms with E-state index in [0.29, 0.717) is 19.3 Å². The highest BCUT2D eigenvalue weighted by atomic mass is 16.6. The molecule has 0 aromatic heterocycles. The van der Waals surface area contributed by atoms with Gasteiger partial charge in [0.15, 0.2) is 6.10 Å². The van der Waals surface area contributed by atoms with Gasteiger partial charge in [-0.15, -0.1) is 0 Å². The summed E-state index contributed by atoms with van der Waals surface area (Å²) in [6, 6.07) is 0. The summed E-state index contributed by atoms with van der Waals surface area (Å²) in [7, 11) is 0. The van der Waals surface area contributed by atoms with Crippen LogP contribution in [-0.4, -0.2) is 37.2 Å². The molecule has 0 saturated carbocycles. The van der Waals surface area contributed by atoms with Crippen molar-refractivity contribution in [3.05, 3.63) is 0 Å². The Kier molecular flexibility index (Phi) is 52.5. The van der Waals surface area contributed by atoms with Crippen LogP contribution in [0.3, 0.4) is 0 Å². The van der Waals surface area contributed by atoms with Crippen molar-refractivity contribution < 1.29 is 28.6 Å². The number of esters is 3. The molecule has 0 saturated heterocycles. The number of carbonyl (C=O) groups excluding carboxylic acids is 3. The molecule has 0 bridgehead atoms. The fourth-order valence-corrected chi connectivity index (χ4v) is 9.37. The van der Waals surface area contributed by atoms with Gasteiger partial charge in [0.1, 0.15) is 13.2 Å². The van der Waals surface area contributed by atoms with Crippen LogP contribution in [0.4, 0.5) is 0 Å². The molecule has 398 valence electrons. The van der Waals surface area contributed by atoms with Crippen LogP contribution in [-0.2, 0) is 28.6 Å². The second kappa shape index (κ2) is 53.8. The van der Waals surface area contributed by atoms with Crippen molar-refractivity contribution in [3.8, 4) is 0 Å². The first-order valence-corrected chi connectivity index (χ1v) is 30.3. The molecule has 0 aromatic carbocycles. The van der Waals surface area contributed by atoms with Gasteiger partial charge in [0.25, 0.3) is 0 Å². The first kappa shape index (κ1) is 65.4. The molecular weight excluding hydrogens is 829 g/mol. The summed E-state index contributed by atoms with van der Waals surface area (Å²) in [5.74, 6) is 0.891. The number of rotatable bonds is 55. The second-order valence-electron chi connectivity index (χ2n) is 21.7. The largest absolute Gasteiger partial charge is 0.462 e. The Bertz CT molecular complexity index is 1030. The Balaban J connectivity index is 4.25. The van der Waals surface area contributed by atoms with E-state index in [2.05, 4.69) is 34.6 Å². The van der Waals surface area contributed by atoms with E-state index in [1.165, 1.54) is 231 Å². The van der Waals surface area contributed by atoms with E-state index in [1.807, 2.05) is 0 Å². The van der Waals surface area contributed by atoms with E-state index in [-0.39, 0.29) is 31.1 Å². The van der Waals surface area contributed by atoms with E-state index in [9.17, 15) is 14.4 Å². The Morgan fingerprint density at radius 2 is 0.567 bits per heavy atom. The third-order valence-electron chi connectivity index (χ3n) is 14.3. The highest BCUT2D eigenvalue weighted by Gasteiger charge is 2.19. The molecule has 0 spiro atoms. The van der Waals surface area contributed by atoms with E-state index < -0.39 is 6.10 Å². The molecule has 6 nitrogen and oxygen atoms in total. The number of carbonyl (C=O) groups is 3. The highest BCUT2D eigenvalue weighted by molar-refractivity contribution is 5.71. The lowest BCUT2D eigenvalue weighted by molar-refractivity contribution is -0.167. The topological polar surface area (TPSA) is 78.9 Å². The summed E-state index contributed by atoms with van der Waals surface area (Å²) in [5, 5.41) is 0. The average molecular weight is 948 g/mol. The minimum absolute atomic E-state index is 0.0625. The van der Waals surface area contributed by atoms with Crippen molar-refractivity contribution in [3.63, 3.8) is 0 Å². The van der Waals surface area contributed by atoms with Gasteiger partial charge in [-0.25, -0.2) is 0 Å². The molecule has 0 radical (unpaired) electrons. The molecule has 1 unspecified atom stereocenters. The fraction of sp³-hybridized carbons (Fsp3) is 0.951. The molecule has 0 fully saturated rings. The minimum atomic E-state index is -0.763. The standard InChI is InChI=1S/C61H118O6/c1-6-8-9-10-11-12-13-14-22-25-31-36-41-46-51-59(62)65-54-58(55-66-60(63)52-47-42-37-32-28-27-29-34-39-44-49-56(3)4)67-61(64)53-48-43-38-33-26-23-20-18-16-15-17-19-21-24-30-35-40-45-50-57(5)7-2/h56-58H,6-55H2,1-5H3/t57?,58-/m1/s1. The number of unbranched alkanes of at least 4 members (excludes halogenated alkanes) is 39. The van der Waals surface area contributed by atoms with Crippen LogP contribution >= 0.6 is 0 Å². The molecule has 0 aliphatic rings. The van der Waals surface area contributed by atoms with Crippen molar-refractivity contribution in [1.29, 1.82) is 0 Å². The van der Waals surface area contributed by atoms with Crippen LogP contribution in [0, 0.1) is 11.8 Å². The first-order chi connectivity index (χ1) is 32.8. The smallest absolute Gasteiger partial charge is 0.306 e. The SMILES string of the molecule is CCCCCCCCCCCCCCCCC(=O)OC[C@H](COC(=O)CCCCCCCCCCCCC(C)C)OC(=O)CCCCCCCCCCCCCCCCCCCCC(C)CC. The number of hydrogen-bond donors (Lipinski definition) is 0. The highest BCUT2D eigenvalue weighted by Crippen LogP contribution is 2.19. The molecule has 0 aliphatic carbocycles. The molecule has 67 heavy (non-hydrogen) atoms. The summed E-state index contributed by atoms with van der Waals surface area (Å²) < 4.78 is 16.9. The van der Waals surface area contributed by atoms with Gasteiger partial charge in [0, 0.05) is 19.3 Å². The van der Waals surface area contributed by atoms with Crippen molar-refractivity contribution >= 4 is 17.9 Å². The molecule has 0 heterocycles. The Morgan fingerprint density at radius 3 is 0.851 bits per heavy atom. The molecule has 0 aliphatic heterocycles. The molecular formula is C61H118O6. The minimum Gasteiger partial charge on any atom is -0.462 e. The van der Waals surface area contributed by atoms with Crippen molar-refractivity contribution in [2.45, 2.75) is 349 Å². The van der Waals surface area contributed by atoms with Crippen molar-refractivity contribution in [1.82, 2.24) is 0 Å². The van der Waals surface area contributed by atoms with Gasteiger partial charge in [0.05, 0.1) is 0 Å². The number of hydrogen-bond acceptors (Lipinski definition) is 6. The van der Waals surface area contributed by atoms with Gasteiger partial charge >= 0.3 is 17.9 Å². The molecule has 0 aromatic rings. The lowest BCUT2D eigenvalue weighted by Gasteiger charge is -2.18. The predicted molar refractivity (Wildman–Crippen MR) is 289 cm³/mol. The van der Waals surface area contributed by atoms with Gasteiger partial charge in [0.2, 0.25) is 0 Å². The summed E-state index contributed by atoms with van der Waals surface area (Å²) in [6.07, 6.45) is 58.1. The molecule has 0 N–H and O–H groups in total. The van der Waals surface area contributed by atoms with E-state index in [4.69, 9.17) is 14.2 Å². The third-order valence-corrected chi connectivity index (χ3v) is 14.3. The third kappa shape index (κ3) is 53.6. The van der Waals surface area contributed by atoms with Gasteiger partial charge in [-0.1, -0.05) is 304 Å². The monoisotopic (exact) mass is 947 g/mol. The van der Waals surface area contributed by atoms with E-state index in [0.717, 1.165) is 69.6 Å². The average Bonchev–Trinajstić information content (AvgIpc) is 3.31. The number of ether oxygens (including phenoxy) is 3. The summed E-state index contributed by atoms with van der Waals surface area (Å²) in [6.45, 7) is 11.5. The maximum absolute atomic E-state index is 12.9. The van der Waals surface area contributed by atoms with Crippen LogP contribution < -0.4 is 0 Å². The maximum Gasteiger partial charge on any atom is 0.306 e. The van der Waals surface area contributed by atoms with Crippen LogP contribution in [0.1, 0.15) is 343 Å². The van der Waals surface area contributed by atoms with Crippen molar-refractivity contribution in [2.75, 3.05) is 13.2 Å². The first-order valence-electron chi connectivity index (χ1n) is 30.3. The van der Waals surface area contributed by atoms with Gasteiger partial charge in [-0.3, -0.25) is 14.4 Å². The zero-order valence-corrected chi connectivity index (χ0v) is 46.0. The maximum atomic E-state index is 12.9. The summed E-state index contributed by atoms with van der Waals surface area (Å²) >= 11 is 0. The lowest BCUT2D eigenvalue weighted by atomic mass is 9.99. The predicted octanol–water partition coefficient (Wildman–Crippen LogP) is 20.0. The van der Waals surface area contributed by atoms with Gasteiger partial charge in [-0.05, 0) is 31.1 Å². The van der Waals surface area contributed by atoms with E-state index in [1.54, 1.807) is 0 Å². The van der Waals surface area contributed by atoms with E-state index >= 15 is 0 Å². The molecule has 2 atom stereocenters. The Morgan fingerprint density at radius 1 is 0.313 bits per heavy atom. The molecule has 0 amide bonds. The van der Waals surface area contributed by atoms with Gasteiger partial charge < -0.3 is 14.2 Å². The summed E-state index contributed by atoms with van der Waals surface area (Å²) in [5.41, 5.74) is 0. The zero-order chi connectivity index (χ0) is 48.9. The van der Waals surface area contributed by atoms with Crippen LogP contribution in [0.2, 0.25) is 0 Å². The fourth-order valence-electron chi connectivity index (χ4n) is 9.37. The van der Waals surface area contributed by atoms with Gasteiger partial charge in [-0.2, -0.15) is 0 Å². The van der Waals surface area contributed by atoms with Crippen LogP contribution in [0.5, 0.6) is 0 Å². The summed E-state index contributed by atoms with van der Waals surface area (Å²) in [4.78, 5) is 38.2. The zero-order valence-electron chi connectivity index (χ0n) is 46.0. The quantitative estimate of drug-likeness (QED) is 0.0343. The van der Waals surface area contributed by atoms with Crippen LogP contribution in [0.15, 0.2) is 0 Å². The van der Waals surface area contributed by atoms with Crippen molar-refractivity contribution in [2.24, 2.45) is 11.8 Å². The molecule has 6 heteroatoms. The Hall–Kier alpha value is -1.59. The molecule has 0 rings (SSSR count). The normalized spacial score (nSPS) is 12.4. The Labute approximate surface area is 418 Å².